The average molecular weight is 319 g/mol. The van der Waals surface area contributed by atoms with Crippen LogP contribution in [0.5, 0.6) is 5.75 Å². The van der Waals surface area contributed by atoms with Gasteiger partial charge in [0.1, 0.15) is 17.1 Å². The molecule has 0 aliphatic heterocycles. The van der Waals surface area contributed by atoms with Crippen molar-refractivity contribution >= 4 is 16.7 Å². The van der Waals surface area contributed by atoms with Gasteiger partial charge in [-0.1, -0.05) is 24.3 Å². The molecule has 0 fully saturated rings. The first-order chi connectivity index (χ1) is 10.9. The number of anilines is 1. The minimum atomic E-state index is -4.51. The first kappa shape index (κ1) is 15.1. The quantitative estimate of drug-likeness (QED) is 0.778. The summed E-state index contributed by atoms with van der Waals surface area (Å²) in [7, 11) is 1.45. The molecule has 0 aliphatic carbocycles. The zero-order valence-electron chi connectivity index (χ0n) is 12.1. The van der Waals surface area contributed by atoms with Crippen molar-refractivity contribution in [3.05, 3.63) is 48.0 Å². The van der Waals surface area contributed by atoms with Crippen LogP contribution in [0.15, 0.2) is 42.5 Å². The van der Waals surface area contributed by atoms with Gasteiger partial charge < -0.3 is 10.5 Å². The predicted molar refractivity (Wildman–Crippen MR) is 80.9 cm³/mol. The molecule has 2 N–H and O–H groups in total. The number of ether oxygens (including phenoxy) is 1. The fourth-order valence-electron chi connectivity index (χ4n) is 2.36. The van der Waals surface area contributed by atoms with E-state index in [4.69, 9.17) is 10.5 Å². The molecule has 0 spiro atoms. The van der Waals surface area contributed by atoms with E-state index in [-0.39, 0.29) is 17.2 Å². The van der Waals surface area contributed by atoms with Gasteiger partial charge in [0.25, 0.3) is 0 Å². The largest absolute Gasteiger partial charge is 0.494 e. The normalized spacial score (nSPS) is 11.7. The number of methoxy groups -OCH3 is 1. The van der Waals surface area contributed by atoms with Gasteiger partial charge in [-0.05, 0) is 18.2 Å². The van der Waals surface area contributed by atoms with Gasteiger partial charge in [-0.2, -0.15) is 13.2 Å². The number of halogens is 3. The summed E-state index contributed by atoms with van der Waals surface area (Å²) < 4.78 is 44.8. The van der Waals surface area contributed by atoms with Crippen LogP contribution in [0.25, 0.3) is 22.3 Å². The molecule has 3 aromatic rings. The van der Waals surface area contributed by atoms with Gasteiger partial charge in [0.2, 0.25) is 0 Å². The zero-order valence-corrected chi connectivity index (χ0v) is 12.1. The molecule has 0 aliphatic rings. The number of rotatable bonds is 2. The molecule has 0 radical (unpaired) electrons. The maximum Gasteiger partial charge on any atom is 0.417 e. The number of benzene rings is 2. The van der Waals surface area contributed by atoms with Crippen LogP contribution < -0.4 is 10.5 Å². The van der Waals surface area contributed by atoms with Crippen LogP contribution >= 0.6 is 0 Å². The SMILES string of the molecule is COc1cccc2c(N)nc(-c3ccccc3C(F)(F)F)nc12. The van der Waals surface area contributed by atoms with Crippen LogP contribution in [0.3, 0.4) is 0 Å². The Morgan fingerprint density at radius 1 is 1.00 bits per heavy atom. The number of nitrogen functional groups attached to an aromatic ring is 1. The van der Waals surface area contributed by atoms with E-state index in [9.17, 15) is 13.2 Å². The fraction of sp³-hybridized carbons (Fsp3) is 0.125. The summed E-state index contributed by atoms with van der Waals surface area (Å²) in [5.74, 6) is 0.427. The molecule has 4 nitrogen and oxygen atoms in total. The second kappa shape index (κ2) is 5.42. The Labute approximate surface area is 129 Å². The lowest BCUT2D eigenvalue weighted by Crippen LogP contribution is -2.08. The Balaban J connectivity index is 2.31. The Kier molecular flexibility index (Phi) is 3.55. The maximum atomic E-state index is 13.2. The average Bonchev–Trinajstić information content (AvgIpc) is 2.53. The van der Waals surface area contributed by atoms with Crippen molar-refractivity contribution < 1.29 is 17.9 Å². The molecule has 0 atom stereocenters. The first-order valence-corrected chi connectivity index (χ1v) is 6.68. The van der Waals surface area contributed by atoms with Crippen LogP contribution in [-0.4, -0.2) is 17.1 Å². The molecular weight excluding hydrogens is 307 g/mol. The second-order valence-corrected chi connectivity index (χ2v) is 4.83. The zero-order chi connectivity index (χ0) is 16.6. The smallest absolute Gasteiger partial charge is 0.417 e. The lowest BCUT2D eigenvalue weighted by Gasteiger charge is -2.13. The topological polar surface area (TPSA) is 61.0 Å². The number of nitrogens with zero attached hydrogens (tertiary/aromatic N) is 2. The van der Waals surface area contributed by atoms with E-state index in [1.165, 1.54) is 25.3 Å². The van der Waals surface area contributed by atoms with E-state index >= 15 is 0 Å². The summed E-state index contributed by atoms with van der Waals surface area (Å²) in [6.07, 6.45) is -4.51. The van der Waals surface area contributed by atoms with Gasteiger partial charge >= 0.3 is 6.18 Å². The number of para-hydroxylation sites is 1. The number of nitrogens with two attached hydrogens (primary N) is 1. The van der Waals surface area contributed by atoms with Crippen molar-refractivity contribution in [3.63, 3.8) is 0 Å². The molecule has 0 unspecified atom stereocenters. The van der Waals surface area contributed by atoms with E-state index in [0.717, 1.165) is 6.07 Å². The highest BCUT2D eigenvalue weighted by Crippen LogP contribution is 2.37. The van der Waals surface area contributed by atoms with Crippen molar-refractivity contribution in [2.75, 3.05) is 12.8 Å². The third kappa shape index (κ3) is 2.65. The van der Waals surface area contributed by atoms with E-state index < -0.39 is 11.7 Å². The highest BCUT2D eigenvalue weighted by molar-refractivity contribution is 5.93. The summed E-state index contributed by atoms with van der Waals surface area (Å²) in [5, 5.41) is 0.526. The molecule has 7 heteroatoms. The van der Waals surface area contributed by atoms with Gasteiger partial charge in [0.15, 0.2) is 5.82 Å². The van der Waals surface area contributed by atoms with E-state index in [0.29, 0.717) is 16.7 Å². The van der Waals surface area contributed by atoms with Crippen LogP contribution in [0.4, 0.5) is 19.0 Å². The van der Waals surface area contributed by atoms with Gasteiger partial charge in [-0.15, -0.1) is 0 Å². The van der Waals surface area contributed by atoms with Gasteiger partial charge in [-0.25, -0.2) is 9.97 Å². The molecule has 118 valence electrons. The number of aromatic nitrogens is 2. The van der Waals surface area contributed by atoms with Crippen LogP contribution in [0.1, 0.15) is 5.56 Å². The molecule has 2 aromatic carbocycles. The van der Waals surface area contributed by atoms with E-state index in [1.807, 2.05) is 0 Å². The Hall–Kier alpha value is -2.83. The van der Waals surface area contributed by atoms with Gasteiger partial charge in [0.05, 0.1) is 12.7 Å². The van der Waals surface area contributed by atoms with Gasteiger partial charge in [-0.3, -0.25) is 0 Å². The standard InChI is InChI=1S/C16H12F3N3O/c1-23-12-8-4-6-10-13(12)21-15(22-14(10)20)9-5-2-3-7-11(9)16(17,18)19/h2-8H,1H3,(H2,20,21,22). The third-order valence-corrected chi connectivity index (χ3v) is 3.41. The van der Waals surface area contributed by atoms with Crippen LogP contribution in [-0.2, 0) is 6.18 Å². The Morgan fingerprint density at radius 3 is 2.43 bits per heavy atom. The minimum Gasteiger partial charge on any atom is -0.494 e. The third-order valence-electron chi connectivity index (χ3n) is 3.41. The van der Waals surface area contributed by atoms with Crippen molar-refractivity contribution in [3.8, 4) is 17.1 Å². The first-order valence-electron chi connectivity index (χ1n) is 6.68. The maximum absolute atomic E-state index is 13.2. The van der Waals surface area contributed by atoms with E-state index in [2.05, 4.69) is 9.97 Å². The number of alkyl halides is 3. The lowest BCUT2D eigenvalue weighted by atomic mass is 10.1. The molecule has 3 rings (SSSR count). The van der Waals surface area contributed by atoms with Crippen LogP contribution in [0, 0.1) is 0 Å². The number of hydrogen-bond donors (Lipinski definition) is 1. The molecule has 1 heterocycles. The monoisotopic (exact) mass is 319 g/mol. The molecule has 0 saturated heterocycles. The highest BCUT2D eigenvalue weighted by Gasteiger charge is 2.34. The predicted octanol–water partition coefficient (Wildman–Crippen LogP) is 3.91. The van der Waals surface area contributed by atoms with Gasteiger partial charge in [0, 0.05) is 10.9 Å². The molecule has 0 saturated carbocycles. The van der Waals surface area contributed by atoms with Crippen molar-refractivity contribution in [1.29, 1.82) is 0 Å². The van der Waals surface area contributed by atoms with Crippen molar-refractivity contribution in [1.82, 2.24) is 9.97 Å². The summed E-state index contributed by atoms with van der Waals surface area (Å²) in [6.45, 7) is 0. The molecule has 0 bridgehead atoms. The van der Waals surface area contributed by atoms with E-state index in [1.54, 1.807) is 18.2 Å². The van der Waals surface area contributed by atoms with Crippen molar-refractivity contribution in [2.45, 2.75) is 6.18 Å². The molecule has 0 amide bonds. The van der Waals surface area contributed by atoms with Crippen molar-refractivity contribution in [2.24, 2.45) is 0 Å². The number of hydrogen-bond acceptors (Lipinski definition) is 4. The Morgan fingerprint density at radius 2 is 1.74 bits per heavy atom. The minimum absolute atomic E-state index is 0.0903. The summed E-state index contributed by atoms with van der Waals surface area (Å²) in [4.78, 5) is 8.27. The molecule has 23 heavy (non-hydrogen) atoms. The summed E-state index contributed by atoms with van der Waals surface area (Å²) in [6, 6.07) is 10.2. The summed E-state index contributed by atoms with van der Waals surface area (Å²) in [5.41, 5.74) is 5.32. The number of fused-ring (bicyclic) bond motifs is 1. The lowest BCUT2D eigenvalue weighted by molar-refractivity contribution is -0.137. The Bertz CT molecular complexity index is 878. The highest BCUT2D eigenvalue weighted by atomic mass is 19.4. The fourth-order valence-corrected chi connectivity index (χ4v) is 2.36. The molecular formula is C16H12F3N3O. The second-order valence-electron chi connectivity index (χ2n) is 4.83. The summed E-state index contributed by atoms with van der Waals surface area (Å²) >= 11 is 0. The van der Waals surface area contributed by atoms with Crippen LogP contribution in [0.2, 0.25) is 0 Å². The molecule has 1 aromatic heterocycles.